The Hall–Kier alpha value is -3.90. The Balaban J connectivity index is 1.52. The number of hydrogen-bond donors (Lipinski definition) is 2. The van der Waals surface area contributed by atoms with Gasteiger partial charge in [-0.05, 0) is 35.9 Å². The Bertz CT molecular complexity index is 1280. The molecule has 4 aromatic rings. The average molecular weight is 461 g/mol. The van der Waals surface area contributed by atoms with E-state index in [1.807, 2.05) is 24.3 Å². The first kappa shape index (κ1) is 22.3. The Morgan fingerprint density at radius 3 is 2.33 bits per heavy atom. The lowest BCUT2D eigenvalue weighted by molar-refractivity contribution is -0.144. The number of rotatable bonds is 8. The van der Waals surface area contributed by atoms with Crippen LogP contribution < -0.4 is 5.32 Å². The van der Waals surface area contributed by atoms with E-state index in [0.717, 1.165) is 16.5 Å². The summed E-state index contributed by atoms with van der Waals surface area (Å²) < 4.78 is 5.30. The van der Waals surface area contributed by atoms with E-state index in [1.165, 1.54) is 0 Å². The van der Waals surface area contributed by atoms with E-state index in [0.29, 0.717) is 16.1 Å². The van der Waals surface area contributed by atoms with Gasteiger partial charge in [-0.1, -0.05) is 60.1 Å². The fourth-order valence-electron chi connectivity index (χ4n) is 3.50. The molecule has 1 amide bonds. The second-order valence-corrected chi connectivity index (χ2v) is 7.93. The number of ether oxygens (including phenoxy) is 1. The molecule has 4 rings (SSSR count). The summed E-state index contributed by atoms with van der Waals surface area (Å²) in [5.41, 5.74) is 2.57. The fraction of sp³-hybridized carbons (Fsp3) is 0.115. The Morgan fingerprint density at radius 2 is 1.58 bits per heavy atom. The molecular formula is C26H21ClN2O4. The van der Waals surface area contributed by atoms with Crippen LogP contribution in [0, 0.1) is 0 Å². The van der Waals surface area contributed by atoms with Crippen molar-refractivity contribution in [2.45, 2.75) is 12.5 Å². The molecule has 0 spiro atoms. The molecule has 6 nitrogen and oxygen atoms in total. The van der Waals surface area contributed by atoms with Crippen molar-refractivity contribution in [2.75, 3.05) is 6.61 Å². The number of H-pyrrole nitrogens is 1. The van der Waals surface area contributed by atoms with E-state index in [4.69, 9.17) is 16.3 Å². The summed E-state index contributed by atoms with van der Waals surface area (Å²) in [6, 6.07) is 21.6. The summed E-state index contributed by atoms with van der Waals surface area (Å²) in [6.07, 6.45) is 2.00. The quantitative estimate of drug-likeness (QED) is 0.297. The SMILES string of the molecule is O=C(COC(=O)C(Cc1c[nH]c2ccccc12)NC(=O)c1ccc(Cl)cc1)c1ccccc1. The highest BCUT2D eigenvalue weighted by Gasteiger charge is 2.25. The van der Waals surface area contributed by atoms with Crippen molar-refractivity contribution < 1.29 is 19.1 Å². The van der Waals surface area contributed by atoms with Gasteiger partial charge < -0.3 is 15.0 Å². The summed E-state index contributed by atoms with van der Waals surface area (Å²) in [4.78, 5) is 41.2. The number of benzene rings is 3. The normalized spacial score (nSPS) is 11.7. The van der Waals surface area contributed by atoms with Crippen LogP contribution in [0.25, 0.3) is 10.9 Å². The van der Waals surface area contributed by atoms with Gasteiger partial charge in [0.25, 0.3) is 5.91 Å². The average Bonchev–Trinajstić information content (AvgIpc) is 3.25. The minimum atomic E-state index is -0.990. The van der Waals surface area contributed by atoms with Crippen LogP contribution in [0.5, 0.6) is 0 Å². The molecule has 2 N–H and O–H groups in total. The molecule has 3 aromatic carbocycles. The zero-order valence-corrected chi connectivity index (χ0v) is 18.3. The van der Waals surface area contributed by atoms with Crippen molar-refractivity contribution in [1.29, 1.82) is 0 Å². The van der Waals surface area contributed by atoms with Crippen molar-refractivity contribution in [3.05, 3.63) is 107 Å². The fourth-order valence-corrected chi connectivity index (χ4v) is 3.63. The summed E-state index contributed by atoms with van der Waals surface area (Å²) >= 11 is 5.90. The number of fused-ring (bicyclic) bond motifs is 1. The van der Waals surface area contributed by atoms with Crippen molar-refractivity contribution in [3.63, 3.8) is 0 Å². The Morgan fingerprint density at radius 1 is 0.879 bits per heavy atom. The minimum absolute atomic E-state index is 0.196. The van der Waals surface area contributed by atoms with E-state index in [1.54, 1.807) is 60.8 Å². The molecule has 0 saturated carbocycles. The first-order valence-corrected chi connectivity index (χ1v) is 10.8. The van der Waals surface area contributed by atoms with Crippen LogP contribution in [0.1, 0.15) is 26.3 Å². The number of amides is 1. The second-order valence-electron chi connectivity index (χ2n) is 7.49. The van der Waals surface area contributed by atoms with Gasteiger partial charge in [-0.2, -0.15) is 0 Å². The van der Waals surface area contributed by atoms with Crippen LogP contribution >= 0.6 is 11.6 Å². The lowest BCUT2D eigenvalue weighted by Gasteiger charge is -2.17. The number of ketones is 1. The molecule has 0 aliphatic heterocycles. The lowest BCUT2D eigenvalue weighted by atomic mass is 10.0. The number of Topliss-reactive ketones (excluding diaryl/α,β-unsaturated/α-hetero) is 1. The van der Waals surface area contributed by atoms with Crippen molar-refractivity contribution >= 4 is 40.2 Å². The first-order chi connectivity index (χ1) is 16.0. The second kappa shape index (κ2) is 10.1. The molecule has 7 heteroatoms. The predicted octanol–water partition coefficient (Wildman–Crippen LogP) is 4.59. The molecule has 0 aliphatic carbocycles. The van der Waals surface area contributed by atoms with Crippen LogP contribution in [-0.4, -0.2) is 35.3 Å². The van der Waals surface area contributed by atoms with Gasteiger partial charge in [-0.25, -0.2) is 4.79 Å². The third-order valence-corrected chi connectivity index (χ3v) is 5.49. The summed E-state index contributed by atoms with van der Waals surface area (Å²) in [6.45, 7) is -0.413. The van der Waals surface area contributed by atoms with Gasteiger partial charge in [0.1, 0.15) is 6.04 Å². The van der Waals surface area contributed by atoms with Gasteiger partial charge in [0.15, 0.2) is 12.4 Å². The standard InChI is InChI=1S/C26H21ClN2O4/c27-20-12-10-18(11-13-20)25(31)29-23(14-19-15-28-22-9-5-4-8-21(19)22)26(32)33-16-24(30)17-6-2-1-3-7-17/h1-13,15,23,28H,14,16H2,(H,29,31). The van der Waals surface area contributed by atoms with E-state index in [2.05, 4.69) is 10.3 Å². The largest absolute Gasteiger partial charge is 0.456 e. The molecule has 0 aliphatic rings. The third-order valence-electron chi connectivity index (χ3n) is 5.24. The Labute approximate surface area is 195 Å². The van der Waals surface area contributed by atoms with Gasteiger partial charge in [0.2, 0.25) is 0 Å². The maximum Gasteiger partial charge on any atom is 0.329 e. The van der Waals surface area contributed by atoms with Crippen LogP contribution in [-0.2, 0) is 16.0 Å². The highest BCUT2D eigenvalue weighted by Crippen LogP contribution is 2.20. The van der Waals surface area contributed by atoms with E-state index in [9.17, 15) is 14.4 Å². The topological polar surface area (TPSA) is 88.3 Å². The van der Waals surface area contributed by atoms with Gasteiger partial charge in [-0.3, -0.25) is 9.59 Å². The van der Waals surface area contributed by atoms with Crippen LogP contribution in [0.15, 0.2) is 85.1 Å². The zero-order chi connectivity index (χ0) is 23.2. The molecule has 0 saturated heterocycles. The van der Waals surface area contributed by atoms with Crippen molar-refractivity contribution in [2.24, 2.45) is 0 Å². The van der Waals surface area contributed by atoms with E-state index < -0.39 is 24.5 Å². The van der Waals surface area contributed by atoms with E-state index >= 15 is 0 Å². The maximum absolute atomic E-state index is 12.9. The highest BCUT2D eigenvalue weighted by atomic mass is 35.5. The molecule has 33 heavy (non-hydrogen) atoms. The van der Waals surface area contributed by atoms with Gasteiger partial charge in [0.05, 0.1) is 0 Å². The van der Waals surface area contributed by atoms with Crippen molar-refractivity contribution in [3.8, 4) is 0 Å². The number of carbonyl (C=O) groups excluding carboxylic acids is 3. The Kier molecular flexibility index (Phi) is 6.86. The lowest BCUT2D eigenvalue weighted by Crippen LogP contribution is -2.43. The van der Waals surface area contributed by atoms with E-state index in [-0.39, 0.29) is 12.2 Å². The predicted molar refractivity (Wildman–Crippen MR) is 126 cm³/mol. The third kappa shape index (κ3) is 5.48. The molecule has 166 valence electrons. The zero-order valence-electron chi connectivity index (χ0n) is 17.6. The number of carbonyl (C=O) groups is 3. The number of para-hydroxylation sites is 1. The number of hydrogen-bond acceptors (Lipinski definition) is 4. The summed E-state index contributed by atoms with van der Waals surface area (Å²) in [5, 5.41) is 4.18. The van der Waals surface area contributed by atoms with Gasteiger partial charge >= 0.3 is 5.97 Å². The van der Waals surface area contributed by atoms with Crippen molar-refractivity contribution in [1.82, 2.24) is 10.3 Å². The molecule has 1 unspecified atom stereocenters. The molecule has 1 heterocycles. The molecule has 1 atom stereocenters. The van der Waals surface area contributed by atoms with Crippen LogP contribution in [0.2, 0.25) is 5.02 Å². The molecule has 0 radical (unpaired) electrons. The molecule has 0 bridgehead atoms. The number of esters is 1. The minimum Gasteiger partial charge on any atom is -0.456 e. The monoisotopic (exact) mass is 460 g/mol. The number of aromatic amines is 1. The molecular weight excluding hydrogens is 440 g/mol. The maximum atomic E-state index is 12.9. The van der Waals surface area contributed by atoms with Crippen LogP contribution in [0.4, 0.5) is 0 Å². The summed E-state index contributed by atoms with van der Waals surface area (Å²) in [5.74, 6) is -1.45. The smallest absolute Gasteiger partial charge is 0.329 e. The molecule has 1 aromatic heterocycles. The summed E-state index contributed by atoms with van der Waals surface area (Å²) in [7, 11) is 0. The van der Waals surface area contributed by atoms with Gasteiger partial charge in [-0.15, -0.1) is 0 Å². The highest BCUT2D eigenvalue weighted by molar-refractivity contribution is 6.30. The number of halogens is 1. The van der Waals surface area contributed by atoms with Crippen LogP contribution in [0.3, 0.4) is 0 Å². The first-order valence-electron chi connectivity index (χ1n) is 10.4. The van der Waals surface area contributed by atoms with Gasteiger partial charge in [0, 0.05) is 39.7 Å². The number of nitrogens with one attached hydrogen (secondary N) is 2. The number of aromatic nitrogens is 1. The molecule has 0 fully saturated rings.